The molecule has 3 rings (SSSR count). The van der Waals surface area contributed by atoms with Crippen molar-refractivity contribution >= 4 is 27.0 Å². The maximum Gasteiger partial charge on any atom is 0.295 e. The third kappa shape index (κ3) is 2.35. The summed E-state index contributed by atoms with van der Waals surface area (Å²) in [4.78, 5) is 17.9. The fourth-order valence-electron chi connectivity index (χ4n) is 2.10. The van der Waals surface area contributed by atoms with Gasteiger partial charge in [-0.1, -0.05) is 22.0 Å². The molecule has 2 aromatic heterocycles. The summed E-state index contributed by atoms with van der Waals surface area (Å²) in [5.74, 6) is -0.663. The van der Waals surface area contributed by atoms with Crippen molar-refractivity contribution in [1.29, 1.82) is 0 Å². The van der Waals surface area contributed by atoms with E-state index in [4.69, 9.17) is 0 Å². The lowest BCUT2D eigenvalue weighted by atomic mass is 10.3. The number of aromatic amines is 1. The number of hydrogen-bond donors (Lipinski definition) is 1. The lowest BCUT2D eigenvalue weighted by molar-refractivity contribution is 0.140. The highest BCUT2D eigenvalue weighted by Crippen LogP contribution is 2.22. The molecule has 0 aliphatic heterocycles. The average Bonchev–Trinajstić information content (AvgIpc) is 2.76. The number of nitrogens with one attached hydrogen (secondary N) is 1. The molecular weight excluding hydrogens is 346 g/mol. The monoisotopic (exact) mass is 354 g/mol. The van der Waals surface area contributed by atoms with Gasteiger partial charge in [-0.2, -0.15) is 5.10 Å². The highest BCUT2D eigenvalue weighted by Gasteiger charge is 2.18. The quantitative estimate of drug-likeness (QED) is 0.768. The largest absolute Gasteiger partial charge is 0.305 e. The minimum atomic E-state index is -2.85. The zero-order chi connectivity index (χ0) is 15.1. The Balaban J connectivity index is 2.36. The van der Waals surface area contributed by atoms with Gasteiger partial charge in [0, 0.05) is 4.47 Å². The molecule has 0 amide bonds. The van der Waals surface area contributed by atoms with Crippen LogP contribution in [0, 0.1) is 6.92 Å². The van der Waals surface area contributed by atoms with Crippen molar-refractivity contribution in [3.8, 4) is 5.69 Å². The van der Waals surface area contributed by atoms with Gasteiger partial charge in [-0.3, -0.25) is 4.79 Å². The number of alkyl halides is 2. The molecule has 1 N–H and O–H groups in total. The van der Waals surface area contributed by atoms with Gasteiger partial charge in [0.05, 0.1) is 11.4 Å². The molecule has 0 spiro atoms. The summed E-state index contributed by atoms with van der Waals surface area (Å²) in [6, 6.07) is 7.12. The molecule has 0 saturated heterocycles. The Bertz CT molecular complexity index is 887. The minimum absolute atomic E-state index is 0.115. The fraction of sp³-hybridized carbons (Fsp3) is 0.154. The van der Waals surface area contributed by atoms with E-state index >= 15 is 0 Å². The van der Waals surface area contributed by atoms with E-state index in [1.165, 1.54) is 4.68 Å². The van der Waals surface area contributed by atoms with Crippen LogP contribution in [0.5, 0.6) is 0 Å². The number of H-pyrrole nitrogens is 1. The van der Waals surface area contributed by atoms with Crippen LogP contribution in [0.25, 0.3) is 16.7 Å². The van der Waals surface area contributed by atoms with Crippen molar-refractivity contribution in [3.63, 3.8) is 0 Å². The van der Waals surface area contributed by atoms with E-state index in [9.17, 15) is 13.6 Å². The van der Waals surface area contributed by atoms with Gasteiger partial charge in [0.1, 0.15) is 5.39 Å². The Hall–Kier alpha value is -2.09. The molecule has 2 heterocycles. The van der Waals surface area contributed by atoms with Gasteiger partial charge in [0.15, 0.2) is 11.5 Å². The smallest absolute Gasteiger partial charge is 0.295 e. The van der Waals surface area contributed by atoms with E-state index in [0.717, 1.165) is 4.47 Å². The maximum absolute atomic E-state index is 12.8. The predicted octanol–water partition coefficient (Wildman–Crippen LogP) is 3.12. The molecule has 0 saturated carbocycles. The molecule has 5 nitrogen and oxygen atoms in total. The van der Waals surface area contributed by atoms with Crippen LogP contribution in [0.15, 0.2) is 33.5 Å². The Morgan fingerprint density at radius 3 is 2.81 bits per heavy atom. The Kier molecular flexibility index (Phi) is 3.32. The van der Waals surface area contributed by atoms with Crippen LogP contribution >= 0.6 is 15.9 Å². The molecule has 0 atom stereocenters. The molecule has 0 radical (unpaired) electrons. The first kappa shape index (κ1) is 13.9. The number of benzene rings is 1. The van der Waals surface area contributed by atoms with Crippen molar-refractivity contribution in [1.82, 2.24) is 19.7 Å². The van der Waals surface area contributed by atoms with E-state index in [1.807, 2.05) is 6.07 Å². The summed E-state index contributed by atoms with van der Waals surface area (Å²) < 4.78 is 27.8. The zero-order valence-electron chi connectivity index (χ0n) is 10.8. The van der Waals surface area contributed by atoms with Crippen LogP contribution in [-0.4, -0.2) is 19.7 Å². The summed E-state index contributed by atoms with van der Waals surface area (Å²) in [7, 11) is 0. The molecule has 0 bridgehead atoms. The number of nitrogens with zero attached hydrogens (tertiary/aromatic N) is 3. The second-order valence-electron chi connectivity index (χ2n) is 4.43. The van der Waals surface area contributed by atoms with Crippen molar-refractivity contribution in [3.05, 3.63) is 50.6 Å². The number of rotatable bonds is 2. The van der Waals surface area contributed by atoms with Crippen LogP contribution in [-0.2, 0) is 0 Å². The number of aryl methyl sites for hydroxylation is 1. The first-order valence-corrected chi connectivity index (χ1v) is 6.80. The summed E-state index contributed by atoms with van der Waals surface area (Å²) in [6.45, 7) is 1.63. The summed E-state index contributed by atoms with van der Waals surface area (Å²) in [5.41, 5.74) is 0.555. The lowest BCUT2D eigenvalue weighted by Gasteiger charge is -2.04. The maximum atomic E-state index is 12.8. The fourth-order valence-corrected chi connectivity index (χ4v) is 2.48. The number of aromatic nitrogens is 4. The van der Waals surface area contributed by atoms with E-state index in [2.05, 4.69) is 31.0 Å². The predicted molar refractivity (Wildman–Crippen MR) is 76.9 cm³/mol. The SMILES string of the molecule is Cc1nn(-c2cccc(Br)c2)c2nc(C(F)F)[nH]c(=O)c12. The van der Waals surface area contributed by atoms with Crippen molar-refractivity contribution in [2.45, 2.75) is 13.3 Å². The molecule has 1 aromatic carbocycles. The second kappa shape index (κ2) is 5.03. The first-order chi connectivity index (χ1) is 9.97. The van der Waals surface area contributed by atoms with Gasteiger partial charge in [0.25, 0.3) is 12.0 Å². The van der Waals surface area contributed by atoms with Crippen LogP contribution < -0.4 is 5.56 Å². The van der Waals surface area contributed by atoms with Gasteiger partial charge in [-0.15, -0.1) is 0 Å². The molecule has 0 fully saturated rings. The molecule has 0 aliphatic rings. The minimum Gasteiger partial charge on any atom is -0.305 e. The Morgan fingerprint density at radius 1 is 1.38 bits per heavy atom. The molecule has 21 heavy (non-hydrogen) atoms. The van der Waals surface area contributed by atoms with Crippen LogP contribution in [0.3, 0.4) is 0 Å². The molecule has 0 aliphatic carbocycles. The highest BCUT2D eigenvalue weighted by molar-refractivity contribution is 9.10. The second-order valence-corrected chi connectivity index (χ2v) is 5.34. The molecule has 108 valence electrons. The molecule has 3 aromatic rings. The van der Waals surface area contributed by atoms with Crippen molar-refractivity contribution in [2.24, 2.45) is 0 Å². The third-order valence-corrected chi connectivity index (χ3v) is 3.48. The zero-order valence-corrected chi connectivity index (χ0v) is 12.4. The molecule has 0 unspecified atom stereocenters. The average molecular weight is 355 g/mol. The van der Waals surface area contributed by atoms with Crippen molar-refractivity contribution in [2.75, 3.05) is 0 Å². The van der Waals surface area contributed by atoms with E-state index < -0.39 is 17.8 Å². The van der Waals surface area contributed by atoms with Crippen molar-refractivity contribution < 1.29 is 8.78 Å². The van der Waals surface area contributed by atoms with E-state index in [0.29, 0.717) is 11.4 Å². The van der Waals surface area contributed by atoms with Gasteiger partial charge in [-0.25, -0.2) is 18.4 Å². The Morgan fingerprint density at radius 2 is 2.14 bits per heavy atom. The Labute approximate surface area is 125 Å². The van der Waals surface area contributed by atoms with Crippen LogP contribution in [0.2, 0.25) is 0 Å². The summed E-state index contributed by atoms with van der Waals surface area (Å²) >= 11 is 3.33. The normalized spacial score (nSPS) is 11.5. The standard InChI is InChI=1S/C13H9BrF2N4O/c1-6-9-12(17-11(10(15)16)18-13(9)21)20(19-6)8-4-2-3-7(14)5-8/h2-5,10H,1H3,(H,17,18,21). The number of halogens is 3. The van der Waals surface area contributed by atoms with Gasteiger partial charge < -0.3 is 4.98 Å². The molecular formula is C13H9BrF2N4O. The van der Waals surface area contributed by atoms with Gasteiger partial charge >= 0.3 is 0 Å². The first-order valence-electron chi connectivity index (χ1n) is 6.01. The summed E-state index contributed by atoms with van der Waals surface area (Å²) in [6.07, 6.45) is -2.85. The topological polar surface area (TPSA) is 63.6 Å². The number of fused-ring (bicyclic) bond motifs is 1. The molecule has 8 heteroatoms. The van der Waals surface area contributed by atoms with E-state index in [1.54, 1.807) is 25.1 Å². The lowest BCUT2D eigenvalue weighted by Crippen LogP contribution is -2.13. The van der Waals surface area contributed by atoms with Crippen LogP contribution in [0.1, 0.15) is 17.9 Å². The third-order valence-electron chi connectivity index (χ3n) is 2.99. The highest BCUT2D eigenvalue weighted by atomic mass is 79.9. The van der Waals surface area contributed by atoms with Gasteiger partial charge in [-0.05, 0) is 25.1 Å². The van der Waals surface area contributed by atoms with E-state index in [-0.39, 0.29) is 11.0 Å². The summed E-state index contributed by atoms with van der Waals surface area (Å²) in [5, 5.41) is 4.44. The van der Waals surface area contributed by atoms with Gasteiger partial charge in [0.2, 0.25) is 0 Å². The number of hydrogen-bond acceptors (Lipinski definition) is 3. The van der Waals surface area contributed by atoms with Crippen LogP contribution in [0.4, 0.5) is 8.78 Å².